The third-order valence-corrected chi connectivity index (χ3v) is 6.24. The Balaban J connectivity index is 1.90. The Morgan fingerprint density at radius 3 is 2.61 bits per heavy atom. The van der Waals surface area contributed by atoms with Crippen LogP contribution in [0, 0.1) is 6.92 Å². The topological polar surface area (TPSA) is 24.9 Å². The smallest absolute Gasteiger partial charge is 0.113 e. The zero-order chi connectivity index (χ0) is 12.6. The molecule has 0 unspecified atom stereocenters. The van der Waals surface area contributed by atoms with Gasteiger partial charge >= 0.3 is 0 Å². The van der Waals surface area contributed by atoms with Gasteiger partial charge in [-0.25, -0.2) is 4.98 Å². The van der Waals surface area contributed by atoms with Crippen molar-refractivity contribution in [3.63, 3.8) is 0 Å². The Hall–Kier alpha value is -0.0600. The van der Waals surface area contributed by atoms with Crippen LogP contribution in [0.15, 0.2) is 0 Å². The van der Waals surface area contributed by atoms with Crippen LogP contribution in [0.3, 0.4) is 0 Å². The molecule has 0 spiro atoms. The summed E-state index contributed by atoms with van der Waals surface area (Å²) in [5.41, 5.74) is 1.51. The maximum absolute atomic E-state index is 4.95. The van der Waals surface area contributed by atoms with Gasteiger partial charge in [-0.05, 0) is 50.5 Å². The molecule has 2 aliphatic rings. The average Bonchev–Trinajstić information content (AvgIpc) is 3.10. The van der Waals surface area contributed by atoms with E-state index in [0.29, 0.717) is 0 Å². The quantitative estimate of drug-likeness (QED) is 0.915. The number of nitrogens with zero attached hydrogens (tertiary/aromatic N) is 1. The monoisotopic (exact) mass is 282 g/mol. The maximum atomic E-state index is 4.95. The van der Waals surface area contributed by atoms with Gasteiger partial charge in [-0.2, -0.15) is 11.8 Å². The molecule has 0 radical (unpaired) electrons. The molecule has 3 rings (SSSR count). The van der Waals surface area contributed by atoms with E-state index in [0.717, 1.165) is 12.5 Å². The number of hydrogen-bond acceptors (Lipinski definition) is 4. The van der Waals surface area contributed by atoms with E-state index in [2.05, 4.69) is 30.9 Å². The lowest BCUT2D eigenvalue weighted by Gasteiger charge is -2.36. The molecule has 0 amide bonds. The highest BCUT2D eigenvalue weighted by molar-refractivity contribution is 7.99. The van der Waals surface area contributed by atoms with Crippen LogP contribution in [-0.2, 0) is 12.0 Å². The van der Waals surface area contributed by atoms with Crippen LogP contribution in [0.5, 0.6) is 0 Å². The standard InChI is InChI=1S/C14H22N2S2/c1-3-12-10(2)18-13(15-12)14(16-11-4-5-11)6-8-17-9-7-14/h11,16H,3-9H2,1-2H3. The molecule has 1 aromatic rings. The Labute approximate surface area is 118 Å². The second-order valence-corrected chi connectivity index (χ2v) is 7.92. The fourth-order valence-corrected chi connectivity index (χ4v) is 5.12. The van der Waals surface area contributed by atoms with E-state index in [-0.39, 0.29) is 5.54 Å². The Morgan fingerprint density at radius 1 is 1.33 bits per heavy atom. The van der Waals surface area contributed by atoms with Gasteiger partial charge in [0.2, 0.25) is 0 Å². The van der Waals surface area contributed by atoms with Crippen molar-refractivity contribution in [3.8, 4) is 0 Å². The van der Waals surface area contributed by atoms with Gasteiger partial charge in [0.05, 0.1) is 11.2 Å². The molecule has 1 saturated heterocycles. The molecule has 0 bridgehead atoms. The number of thioether (sulfide) groups is 1. The van der Waals surface area contributed by atoms with Crippen LogP contribution in [-0.4, -0.2) is 22.5 Å². The zero-order valence-electron chi connectivity index (χ0n) is 11.3. The van der Waals surface area contributed by atoms with Crippen molar-refractivity contribution in [3.05, 3.63) is 15.6 Å². The molecule has 2 heterocycles. The third-order valence-electron chi connectivity index (χ3n) is 4.04. The van der Waals surface area contributed by atoms with Crippen molar-refractivity contribution in [1.29, 1.82) is 0 Å². The molecule has 4 heteroatoms. The predicted molar refractivity (Wildman–Crippen MR) is 80.6 cm³/mol. The summed E-state index contributed by atoms with van der Waals surface area (Å²) in [5.74, 6) is 2.56. The third kappa shape index (κ3) is 2.47. The first-order chi connectivity index (χ1) is 8.73. The molecule has 18 heavy (non-hydrogen) atoms. The van der Waals surface area contributed by atoms with Gasteiger partial charge in [0.25, 0.3) is 0 Å². The average molecular weight is 282 g/mol. The summed E-state index contributed by atoms with van der Waals surface area (Å²) in [4.78, 5) is 6.37. The number of thiazole rings is 1. The van der Waals surface area contributed by atoms with Crippen LogP contribution in [0.4, 0.5) is 0 Å². The SMILES string of the molecule is CCc1nc(C2(NC3CC3)CCSCC2)sc1C. The first kappa shape index (κ1) is 12.9. The van der Waals surface area contributed by atoms with Crippen molar-refractivity contribution in [2.24, 2.45) is 0 Å². The fourth-order valence-electron chi connectivity index (χ4n) is 2.72. The lowest BCUT2D eigenvalue weighted by molar-refractivity contribution is 0.302. The lowest BCUT2D eigenvalue weighted by atomic mass is 9.92. The fraction of sp³-hybridized carbons (Fsp3) is 0.786. The van der Waals surface area contributed by atoms with Gasteiger partial charge in [0, 0.05) is 10.9 Å². The Morgan fingerprint density at radius 2 is 2.06 bits per heavy atom. The second kappa shape index (κ2) is 5.14. The molecule has 1 saturated carbocycles. The minimum absolute atomic E-state index is 0.204. The number of nitrogens with one attached hydrogen (secondary N) is 1. The second-order valence-electron chi connectivity index (χ2n) is 5.49. The molecule has 2 fully saturated rings. The Kier molecular flexibility index (Phi) is 3.70. The van der Waals surface area contributed by atoms with Crippen molar-refractivity contribution < 1.29 is 0 Å². The molecule has 0 aromatic carbocycles. The predicted octanol–water partition coefficient (Wildman–Crippen LogP) is 3.49. The van der Waals surface area contributed by atoms with Crippen LogP contribution in [0.2, 0.25) is 0 Å². The largest absolute Gasteiger partial charge is 0.303 e. The molecule has 1 aliphatic carbocycles. The van der Waals surface area contributed by atoms with Crippen LogP contribution >= 0.6 is 23.1 Å². The van der Waals surface area contributed by atoms with Crippen molar-refractivity contribution in [1.82, 2.24) is 10.3 Å². The highest BCUT2D eigenvalue weighted by atomic mass is 32.2. The molecule has 1 aliphatic heterocycles. The van der Waals surface area contributed by atoms with Crippen LogP contribution in [0.25, 0.3) is 0 Å². The van der Waals surface area contributed by atoms with Gasteiger partial charge in [-0.1, -0.05) is 6.92 Å². The maximum Gasteiger partial charge on any atom is 0.113 e. The van der Waals surface area contributed by atoms with Crippen LogP contribution < -0.4 is 5.32 Å². The number of hydrogen-bond donors (Lipinski definition) is 1. The highest BCUT2D eigenvalue weighted by Gasteiger charge is 2.41. The minimum Gasteiger partial charge on any atom is -0.303 e. The summed E-state index contributed by atoms with van der Waals surface area (Å²) in [7, 11) is 0. The number of aromatic nitrogens is 1. The van der Waals surface area contributed by atoms with Gasteiger partial charge < -0.3 is 5.32 Å². The number of rotatable bonds is 4. The van der Waals surface area contributed by atoms with Crippen LogP contribution in [0.1, 0.15) is 48.2 Å². The van der Waals surface area contributed by atoms with Crippen molar-refractivity contribution in [2.75, 3.05) is 11.5 Å². The lowest BCUT2D eigenvalue weighted by Crippen LogP contribution is -2.46. The molecule has 100 valence electrons. The van der Waals surface area contributed by atoms with E-state index in [1.54, 1.807) is 0 Å². The van der Waals surface area contributed by atoms with E-state index >= 15 is 0 Å². The van der Waals surface area contributed by atoms with E-state index in [1.807, 2.05) is 11.3 Å². The van der Waals surface area contributed by atoms with Crippen molar-refractivity contribution >= 4 is 23.1 Å². The van der Waals surface area contributed by atoms with Crippen molar-refractivity contribution in [2.45, 2.75) is 57.5 Å². The van der Waals surface area contributed by atoms with E-state index < -0.39 is 0 Å². The van der Waals surface area contributed by atoms with Gasteiger partial charge in [-0.15, -0.1) is 11.3 Å². The van der Waals surface area contributed by atoms with Gasteiger partial charge in [0.1, 0.15) is 5.01 Å². The number of aryl methyl sites for hydroxylation is 2. The summed E-state index contributed by atoms with van der Waals surface area (Å²) < 4.78 is 0. The summed E-state index contributed by atoms with van der Waals surface area (Å²) in [6.45, 7) is 4.44. The Bertz CT molecular complexity index is 417. The first-order valence-electron chi connectivity index (χ1n) is 7.06. The summed E-state index contributed by atoms with van der Waals surface area (Å²) in [6.07, 6.45) is 6.30. The van der Waals surface area contributed by atoms with Gasteiger partial charge in [-0.3, -0.25) is 0 Å². The summed E-state index contributed by atoms with van der Waals surface area (Å²) >= 11 is 4.02. The molecular formula is C14H22N2S2. The van der Waals surface area contributed by atoms with Gasteiger partial charge in [0.15, 0.2) is 0 Å². The van der Waals surface area contributed by atoms with E-state index in [1.165, 1.54) is 52.8 Å². The molecule has 1 N–H and O–H groups in total. The van der Waals surface area contributed by atoms with E-state index in [4.69, 9.17) is 4.98 Å². The summed E-state index contributed by atoms with van der Waals surface area (Å²) in [6, 6.07) is 0.766. The molecule has 1 aromatic heterocycles. The zero-order valence-corrected chi connectivity index (χ0v) is 12.9. The minimum atomic E-state index is 0.204. The normalized spacial score (nSPS) is 23.2. The first-order valence-corrected chi connectivity index (χ1v) is 9.03. The molecular weight excluding hydrogens is 260 g/mol. The molecule has 2 nitrogen and oxygen atoms in total. The van der Waals surface area contributed by atoms with E-state index in [9.17, 15) is 0 Å². The molecule has 0 atom stereocenters. The highest BCUT2D eigenvalue weighted by Crippen LogP contribution is 2.41. The summed E-state index contributed by atoms with van der Waals surface area (Å²) in [5, 5.41) is 5.29.